The molecular weight excluding hydrogens is 395 g/mol. The third-order valence-electron chi connectivity index (χ3n) is 5.19. The van der Waals surface area contributed by atoms with Gasteiger partial charge in [-0.3, -0.25) is 9.59 Å². The number of ketones is 1. The number of hydrogen-bond acceptors (Lipinski definition) is 2. The lowest BCUT2D eigenvalue weighted by molar-refractivity contribution is -0.132. The molecule has 1 atom stereocenters. The standard InChI is InChI=1S/C19H19Cl3N2O2/c1-23-15(11-14(21)17(23)22)18(26)24(2)19(10-6-5-9-16(19)25)12-7-3-4-8-13(12)20/h3-4,7-8,11H,5-6,9-10H2,1-2H3. The lowest BCUT2D eigenvalue weighted by Gasteiger charge is -2.44. The van der Waals surface area contributed by atoms with Gasteiger partial charge in [0.1, 0.15) is 16.4 Å². The molecule has 2 aromatic rings. The second-order valence-corrected chi connectivity index (χ2v) is 7.73. The van der Waals surface area contributed by atoms with E-state index in [-0.39, 0.29) is 16.8 Å². The van der Waals surface area contributed by atoms with E-state index in [2.05, 4.69) is 0 Å². The summed E-state index contributed by atoms with van der Waals surface area (Å²) in [5.41, 5.74) is -0.0994. The molecule has 4 nitrogen and oxygen atoms in total. The van der Waals surface area contributed by atoms with Gasteiger partial charge < -0.3 is 9.47 Å². The second kappa shape index (κ2) is 7.26. The normalized spacial score (nSPS) is 20.3. The van der Waals surface area contributed by atoms with Crippen molar-refractivity contribution in [3.8, 4) is 0 Å². The van der Waals surface area contributed by atoms with Crippen LogP contribution in [0.2, 0.25) is 15.2 Å². The summed E-state index contributed by atoms with van der Waals surface area (Å²) in [6.07, 6.45) is 2.60. The van der Waals surface area contributed by atoms with Gasteiger partial charge in [-0.15, -0.1) is 0 Å². The first kappa shape index (κ1) is 19.3. The number of nitrogens with zero attached hydrogens (tertiary/aromatic N) is 2. The molecule has 0 radical (unpaired) electrons. The highest BCUT2D eigenvalue weighted by atomic mass is 35.5. The van der Waals surface area contributed by atoms with E-state index in [1.165, 1.54) is 15.5 Å². The van der Waals surface area contributed by atoms with Gasteiger partial charge in [-0.25, -0.2) is 0 Å². The van der Waals surface area contributed by atoms with Crippen LogP contribution in [0.15, 0.2) is 30.3 Å². The summed E-state index contributed by atoms with van der Waals surface area (Å²) in [7, 11) is 3.31. The fourth-order valence-corrected chi connectivity index (χ4v) is 4.39. The van der Waals surface area contributed by atoms with Gasteiger partial charge in [-0.2, -0.15) is 0 Å². The zero-order chi connectivity index (χ0) is 19.1. The number of rotatable bonds is 3. The minimum Gasteiger partial charge on any atom is -0.329 e. The van der Waals surface area contributed by atoms with Crippen LogP contribution in [0, 0.1) is 0 Å². The van der Waals surface area contributed by atoms with Crippen LogP contribution in [-0.2, 0) is 17.4 Å². The molecule has 1 fully saturated rings. The van der Waals surface area contributed by atoms with Gasteiger partial charge >= 0.3 is 0 Å². The molecule has 0 saturated heterocycles. The van der Waals surface area contributed by atoms with E-state index in [1.54, 1.807) is 20.2 Å². The summed E-state index contributed by atoms with van der Waals surface area (Å²) in [4.78, 5) is 27.8. The molecule has 1 aliphatic rings. The number of likely N-dealkylation sites (N-methyl/N-ethyl adjacent to an activating group) is 1. The largest absolute Gasteiger partial charge is 0.329 e. The minimum absolute atomic E-state index is 0.000830. The third-order valence-corrected chi connectivity index (χ3v) is 6.36. The highest BCUT2D eigenvalue weighted by molar-refractivity contribution is 6.42. The zero-order valence-corrected chi connectivity index (χ0v) is 16.8. The average Bonchev–Trinajstić information content (AvgIpc) is 2.89. The van der Waals surface area contributed by atoms with Crippen LogP contribution in [0.5, 0.6) is 0 Å². The molecule has 3 rings (SSSR count). The summed E-state index contributed by atoms with van der Waals surface area (Å²) < 4.78 is 1.52. The van der Waals surface area contributed by atoms with Gasteiger partial charge in [0.15, 0.2) is 5.78 Å². The smallest absolute Gasteiger partial charge is 0.271 e. The fourth-order valence-electron chi connectivity index (χ4n) is 3.72. The van der Waals surface area contributed by atoms with E-state index in [1.807, 2.05) is 18.2 Å². The van der Waals surface area contributed by atoms with Gasteiger partial charge in [-0.1, -0.05) is 53.0 Å². The summed E-state index contributed by atoms with van der Waals surface area (Å²) in [6.45, 7) is 0. The molecule has 1 unspecified atom stereocenters. The van der Waals surface area contributed by atoms with Crippen LogP contribution in [0.4, 0.5) is 0 Å². The van der Waals surface area contributed by atoms with Crippen molar-refractivity contribution in [1.29, 1.82) is 0 Å². The fraction of sp³-hybridized carbons (Fsp3) is 0.368. The molecule has 1 heterocycles. The van der Waals surface area contributed by atoms with E-state index in [0.717, 1.165) is 12.8 Å². The maximum Gasteiger partial charge on any atom is 0.271 e. The number of aromatic nitrogens is 1. The molecule has 0 bridgehead atoms. The van der Waals surface area contributed by atoms with Gasteiger partial charge in [0.05, 0.1) is 5.02 Å². The SMILES string of the molecule is CN(C(=O)c1cc(Cl)c(Cl)n1C)C1(c2ccccc2Cl)CCCCC1=O. The molecular formula is C19H19Cl3N2O2. The van der Waals surface area contributed by atoms with Gasteiger partial charge in [0.25, 0.3) is 5.91 Å². The van der Waals surface area contributed by atoms with Crippen LogP contribution in [0.1, 0.15) is 41.7 Å². The first-order chi connectivity index (χ1) is 12.3. The Morgan fingerprint density at radius 3 is 2.42 bits per heavy atom. The molecule has 138 valence electrons. The number of carbonyl (C=O) groups excluding carboxylic acids is 2. The van der Waals surface area contributed by atoms with Crippen molar-refractivity contribution in [2.24, 2.45) is 7.05 Å². The van der Waals surface area contributed by atoms with E-state index in [4.69, 9.17) is 34.8 Å². The van der Waals surface area contributed by atoms with E-state index >= 15 is 0 Å². The Morgan fingerprint density at radius 2 is 1.85 bits per heavy atom. The zero-order valence-electron chi connectivity index (χ0n) is 14.6. The molecule has 0 aliphatic heterocycles. The van der Waals surface area contributed by atoms with Crippen molar-refractivity contribution in [3.05, 3.63) is 56.8 Å². The van der Waals surface area contributed by atoms with Crippen LogP contribution in [0.3, 0.4) is 0 Å². The summed E-state index contributed by atoms with van der Waals surface area (Å²) in [5, 5.41) is 1.06. The predicted octanol–water partition coefficient (Wildman–Crippen LogP) is 5.10. The third kappa shape index (κ3) is 2.94. The monoisotopic (exact) mass is 412 g/mol. The molecule has 0 spiro atoms. The first-order valence-electron chi connectivity index (χ1n) is 8.38. The number of benzene rings is 1. The Morgan fingerprint density at radius 1 is 1.15 bits per heavy atom. The van der Waals surface area contributed by atoms with Crippen LogP contribution >= 0.6 is 34.8 Å². The molecule has 1 saturated carbocycles. The number of amides is 1. The Balaban J connectivity index is 2.13. The molecule has 1 aromatic heterocycles. The van der Waals surface area contributed by atoms with Gasteiger partial charge in [-0.05, 0) is 31.4 Å². The van der Waals surface area contributed by atoms with Crippen molar-refractivity contribution in [2.75, 3.05) is 7.05 Å². The van der Waals surface area contributed by atoms with Gasteiger partial charge in [0, 0.05) is 31.1 Å². The average molecular weight is 414 g/mol. The van der Waals surface area contributed by atoms with Crippen LogP contribution in [0.25, 0.3) is 0 Å². The molecule has 1 aromatic carbocycles. The second-order valence-electron chi connectivity index (χ2n) is 6.56. The van der Waals surface area contributed by atoms with Crippen molar-refractivity contribution < 1.29 is 9.59 Å². The van der Waals surface area contributed by atoms with Crippen LogP contribution in [-0.4, -0.2) is 28.2 Å². The highest BCUT2D eigenvalue weighted by Crippen LogP contribution is 2.43. The molecule has 1 amide bonds. The summed E-state index contributed by atoms with van der Waals surface area (Å²) in [6, 6.07) is 8.73. The topological polar surface area (TPSA) is 42.3 Å². The molecule has 1 aliphatic carbocycles. The summed E-state index contributed by atoms with van der Waals surface area (Å²) in [5.74, 6) is -0.324. The first-order valence-corrected chi connectivity index (χ1v) is 9.51. The lowest BCUT2D eigenvalue weighted by Crippen LogP contribution is -2.54. The number of halogens is 3. The van der Waals surface area contributed by atoms with Crippen molar-refractivity contribution >= 4 is 46.5 Å². The quantitative estimate of drug-likeness (QED) is 0.703. The Bertz CT molecular complexity index is 878. The Labute approximate surface area is 167 Å². The Kier molecular flexibility index (Phi) is 5.38. The van der Waals surface area contributed by atoms with E-state index in [9.17, 15) is 9.59 Å². The van der Waals surface area contributed by atoms with Crippen molar-refractivity contribution in [1.82, 2.24) is 9.47 Å². The minimum atomic E-state index is -1.09. The maximum atomic E-state index is 13.3. The molecule has 7 heteroatoms. The van der Waals surface area contributed by atoms with Crippen molar-refractivity contribution in [2.45, 2.75) is 31.2 Å². The predicted molar refractivity (Wildman–Crippen MR) is 104 cm³/mol. The van der Waals surface area contributed by atoms with E-state index in [0.29, 0.717) is 34.1 Å². The Hall–Kier alpha value is -1.49. The van der Waals surface area contributed by atoms with Crippen LogP contribution < -0.4 is 0 Å². The number of Topliss-reactive ketones (excluding diaryl/α,β-unsaturated/α-hetero) is 1. The maximum absolute atomic E-state index is 13.3. The highest BCUT2D eigenvalue weighted by Gasteiger charge is 2.48. The molecule has 0 N–H and O–H groups in total. The van der Waals surface area contributed by atoms with E-state index < -0.39 is 5.54 Å². The van der Waals surface area contributed by atoms with Gasteiger partial charge in [0.2, 0.25) is 0 Å². The number of hydrogen-bond donors (Lipinski definition) is 0. The number of carbonyl (C=O) groups is 2. The molecule has 26 heavy (non-hydrogen) atoms. The lowest BCUT2D eigenvalue weighted by atomic mass is 9.74. The summed E-state index contributed by atoms with van der Waals surface area (Å²) >= 11 is 18.6. The van der Waals surface area contributed by atoms with Crippen molar-refractivity contribution in [3.63, 3.8) is 0 Å².